The molecule has 0 saturated carbocycles. The van der Waals surface area contributed by atoms with E-state index in [1.807, 2.05) is 0 Å². The number of esters is 1. The first-order valence-corrected chi connectivity index (χ1v) is 9.71. The fourth-order valence-electron chi connectivity index (χ4n) is 1.66. The molecule has 0 fully saturated rings. The van der Waals surface area contributed by atoms with Gasteiger partial charge in [-0.05, 0) is 6.42 Å². The molecular formula is C11H23FO8P2. The van der Waals surface area contributed by atoms with Crippen molar-refractivity contribution >= 4 is 21.2 Å². The van der Waals surface area contributed by atoms with Crippen molar-refractivity contribution in [2.24, 2.45) is 0 Å². The highest BCUT2D eigenvalue weighted by Crippen LogP contribution is 2.70. The summed E-state index contributed by atoms with van der Waals surface area (Å²) >= 11 is 0. The first-order chi connectivity index (χ1) is 10.2. The Morgan fingerprint density at radius 3 is 1.73 bits per heavy atom. The Balaban J connectivity index is 5.32. The number of rotatable bonds is 11. The molecule has 0 saturated heterocycles. The molecule has 22 heavy (non-hydrogen) atoms. The molecule has 0 N–H and O–H groups in total. The van der Waals surface area contributed by atoms with E-state index in [0.29, 0.717) is 6.42 Å². The van der Waals surface area contributed by atoms with E-state index < -0.39 is 39.3 Å². The molecule has 0 aliphatic rings. The zero-order valence-electron chi connectivity index (χ0n) is 13.3. The topological polar surface area (TPSA) is 97.4 Å². The Hall–Kier alpha value is -0.300. The summed E-state index contributed by atoms with van der Waals surface area (Å²) in [7, 11) is -3.74. The van der Waals surface area contributed by atoms with Crippen LogP contribution in [0.3, 0.4) is 0 Å². The van der Waals surface area contributed by atoms with E-state index in [1.165, 1.54) is 0 Å². The summed E-state index contributed by atoms with van der Waals surface area (Å²) < 4.78 is 61.8. The Labute approximate surface area is 129 Å². The second-order valence-electron chi connectivity index (χ2n) is 4.18. The van der Waals surface area contributed by atoms with Gasteiger partial charge in [-0.25, -0.2) is 4.39 Å². The molecular weight excluding hydrogens is 341 g/mol. The summed E-state index contributed by atoms with van der Waals surface area (Å²) in [6.45, 7) is 1.72. The van der Waals surface area contributed by atoms with Crippen LogP contribution in [0, 0.1) is 0 Å². The Morgan fingerprint density at radius 2 is 1.41 bits per heavy atom. The van der Waals surface area contributed by atoms with Crippen LogP contribution >= 0.6 is 15.2 Å². The number of hydrogen-bond acceptors (Lipinski definition) is 8. The molecule has 0 aromatic heterocycles. The first kappa shape index (κ1) is 21.7. The normalized spacial score (nSPS) is 14.1. The van der Waals surface area contributed by atoms with E-state index in [1.54, 1.807) is 6.92 Å². The van der Waals surface area contributed by atoms with Crippen LogP contribution in [0.1, 0.15) is 26.2 Å². The van der Waals surface area contributed by atoms with Crippen molar-refractivity contribution in [3.8, 4) is 0 Å². The van der Waals surface area contributed by atoms with Crippen LogP contribution in [0.2, 0.25) is 0 Å². The second-order valence-corrected chi connectivity index (χ2v) is 9.46. The maximum Gasteiger partial charge on any atom is 0.345 e. The average molecular weight is 364 g/mol. The molecule has 8 nitrogen and oxygen atoms in total. The summed E-state index contributed by atoms with van der Waals surface area (Å²) in [5, 5.41) is -1.56. The fraction of sp³-hybridized carbons (Fsp3) is 0.909. The van der Waals surface area contributed by atoms with Crippen molar-refractivity contribution in [1.29, 1.82) is 0 Å². The van der Waals surface area contributed by atoms with Gasteiger partial charge in [-0.3, -0.25) is 13.9 Å². The van der Waals surface area contributed by atoms with Gasteiger partial charge < -0.3 is 22.8 Å². The van der Waals surface area contributed by atoms with Gasteiger partial charge in [0.25, 0.3) is 0 Å². The monoisotopic (exact) mass is 364 g/mol. The van der Waals surface area contributed by atoms with E-state index in [4.69, 9.17) is 18.1 Å². The minimum Gasteiger partial charge on any atom is -0.431 e. The van der Waals surface area contributed by atoms with Gasteiger partial charge in [-0.2, -0.15) is 0 Å². The van der Waals surface area contributed by atoms with E-state index >= 15 is 0 Å². The van der Waals surface area contributed by atoms with Crippen LogP contribution in [0.25, 0.3) is 0 Å². The predicted molar refractivity (Wildman–Crippen MR) is 77.6 cm³/mol. The molecule has 0 rings (SSSR count). The summed E-state index contributed by atoms with van der Waals surface area (Å²) in [5.74, 6) is -1.05. The van der Waals surface area contributed by atoms with Crippen LogP contribution in [0.4, 0.5) is 4.39 Å². The van der Waals surface area contributed by atoms with Crippen molar-refractivity contribution in [2.45, 2.75) is 37.9 Å². The number of hydrogen-bond donors (Lipinski definition) is 0. The molecule has 0 amide bonds. The molecule has 0 aromatic rings. The smallest absolute Gasteiger partial charge is 0.345 e. The third-order valence-electron chi connectivity index (χ3n) is 2.87. The second kappa shape index (κ2) is 9.75. The standard InChI is InChI=1S/C11H23FO8P2/c1-6-7-9(12)20-10(13)8-11(21(14,16-2)17-3)22(15,18-4)19-5/h9,11H,6-8H2,1-5H3. The summed E-state index contributed by atoms with van der Waals surface area (Å²) in [6, 6.07) is 0. The van der Waals surface area contributed by atoms with Crippen LogP contribution in [-0.4, -0.2) is 46.2 Å². The zero-order valence-corrected chi connectivity index (χ0v) is 15.1. The molecule has 132 valence electrons. The maximum atomic E-state index is 13.3. The van der Waals surface area contributed by atoms with E-state index in [-0.39, 0.29) is 6.42 Å². The largest absolute Gasteiger partial charge is 0.431 e. The van der Waals surface area contributed by atoms with Crippen molar-refractivity contribution in [3.63, 3.8) is 0 Å². The van der Waals surface area contributed by atoms with Crippen LogP contribution in [-0.2, 0) is 36.8 Å². The number of ether oxygens (including phenoxy) is 1. The zero-order chi connectivity index (χ0) is 17.4. The van der Waals surface area contributed by atoms with Crippen molar-refractivity contribution < 1.29 is 41.1 Å². The third kappa shape index (κ3) is 5.72. The van der Waals surface area contributed by atoms with Gasteiger partial charge in [0.15, 0.2) is 5.40 Å². The predicted octanol–water partition coefficient (Wildman–Crippen LogP) is 3.31. The molecule has 1 unspecified atom stereocenters. The lowest BCUT2D eigenvalue weighted by atomic mass is 10.3. The molecule has 0 heterocycles. The molecule has 0 spiro atoms. The quantitative estimate of drug-likeness (QED) is 0.407. The molecule has 0 aliphatic carbocycles. The van der Waals surface area contributed by atoms with Gasteiger partial charge in [0, 0.05) is 34.9 Å². The molecule has 0 aliphatic heterocycles. The Kier molecular flexibility index (Phi) is 9.62. The fourth-order valence-corrected chi connectivity index (χ4v) is 6.19. The highest BCUT2D eigenvalue weighted by Gasteiger charge is 2.50. The minimum atomic E-state index is -3.99. The summed E-state index contributed by atoms with van der Waals surface area (Å²) in [6.07, 6.45) is -2.01. The number of carbonyl (C=O) groups is 1. The van der Waals surface area contributed by atoms with Gasteiger partial charge in [-0.15, -0.1) is 0 Å². The molecule has 0 aromatic carbocycles. The van der Waals surface area contributed by atoms with E-state index in [2.05, 4.69) is 4.74 Å². The Bertz CT molecular complexity index is 402. The third-order valence-corrected chi connectivity index (χ3v) is 8.43. The SMILES string of the molecule is CCCC(F)OC(=O)CC(P(=O)(OC)OC)P(=O)(OC)OC. The van der Waals surface area contributed by atoms with Gasteiger partial charge in [0.05, 0.1) is 6.42 Å². The molecule has 1 atom stereocenters. The first-order valence-electron chi connectivity index (χ1n) is 6.48. The lowest BCUT2D eigenvalue weighted by molar-refractivity contribution is -0.158. The molecule has 0 radical (unpaired) electrons. The molecule has 11 heteroatoms. The van der Waals surface area contributed by atoms with E-state index in [9.17, 15) is 18.3 Å². The maximum absolute atomic E-state index is 13.3. The lowest BCUT2D eigenvalue weighted by Crippen LogP contribution is -2.22. The van der Waals surface area contributed by atoms with Crippen LogP contribution < -0.4 is 0 Å². The Morgan fingerprint density at radius 1 is 1.00 bits per heavy atom. The van der Waals surface area contributed by atoms with Crippen molar-refractivity contribution in [1.82, 2.24) is 0 Å². The van der Waals surface area contributed by atoms with Crippen LogP contribution in [0.15, 0.2) is 0 Å². The van der Waals surface area contributed by atoms with Gasteiger partial charge >= 0.3 is 21.2 Å². The summed E-state index contributed by atoms with van der Waals surface area (Å²) in [4.78, 5) is 11.8. The lowest BCUT2D eigenvalue weighted by Gasteiger charge is -2.28. The van der Waals surface area contributed by atoms with Crippen molar-refractivity contribution in [3.05, 3.63) is 0 Å². The number of alkyl halides is 1. The number of carbonyl (C=O) groups excluding carboxylic acids is 1. The van der Waals surface area contributed by atoms with E-state index in [0.717, 1.165) is 28.4 Å². The van der Waals surface area contributed by atoms with Gasteiger partial charge in [0.1, 0.15) is 0 Å². The molecule has 0 bridgehead atoms. The summed E-state index contributed by atoms with van der Waals surface area (Å²) in [5.41, 5.74) is 0. The number of halogens is 1. The highest BCUT2D eigenvalue weighted by atomic mass is 31.2. The minimum absolute atomic E-state index is 0.0227. The van der Waals surface area contributed by atoms with Crippen molar-refractivity contribution in [2.75, 3.05) is 28.4 Å². The highest BCUT2D eigenvalue weighted by molar-refractivity contribution is 7.72. The van der Waals surface area contributed by atoms with Gasteiger partial charge in [0.2, 0.25) is 6.36 Å². The van der Waals surface area contributed by atoms with Gasteiger partial charge in [-0.1, -0.05) is 6.92 Å². The average Bonchev–Trinajstić information content (AvgIpc) is 2.51. The van der Waals surface area contributed by atoms with Crippen LogP contribution in [0.5, 0.6) is 0 Å².